The quantitative estimate of drug-likeness (QED) is 0.433. The zero-order valence-corrected chi connectivity index (χ0v) is 15.8. The minimum absolute atomic E-state index is 0.00861. The van der Waals surface area contributed by atoms with Gasteiger partial charge in [-0.05, 0) is 60.9 Å². The number of halogens is 1. The van der Waals surface area contributed by atoms with Gasteiger partial charge in [0.05, 0.1) is 7.11 Å². The summed E-state index contributed by atoms with van der Waals surface area (Å²) in [6.07, 6.45) is 3.50. The number of methoxy groups -OCH3 is 1. The summed E-state index contributed by atoms with van der Waals surface area (Å²) in [5.74, 6) is -0.277. The number of nitrogens with one attached hydrogen (secondary N) is 1. The van der Waals surface area contributed by atoms with Gasteiger partial charge in [0.1, 0.15) is 11.6 Å². The molecule has 5 nitrogen and oxygen atoms in total. The highest BCUT2D eigenvalue weighted by Crippen LogP contribution is 2.33. The number of phenolic OH excluding ortho intramolecular Hbond substituents is 1. The molecule has 2 N–H and O–H groups in total. The average Bonchev–Trinajstić information content (AvgIpc) is 2.64. The number of ether oxygens (including phenoxy) is 1. The summed E-state index contributed by atoms with van der Waals surface area (Å²) in [4.78, 5) is 12.5. The number of hydrogen-bond acceptors (Lipinski definition) is 4. The summed E-state index contributed by atoms with van der Waals surface area (Å²) < 4.78 is 5.16. The lowest BCUT2D eigenvalue weighted by Gasteiger charge is -2.10. The maximum Gasteiger partial charge on any atom is 0.266 e. The van der Waals surface area contributed by atoms with E-state index in [1.807, 2.05) is 13.0 Å². The van der Waals surface area contributed by atoms with E-state index in [0.717, 1.165) is 5.56 Å². The summed E-state index contributed by atoms with van der Waals surface area (Å²) in [5, 5.41) is 22.8. The molecular weight excluding hydrogens is 364 g/mol. The van der Waals surface area contributed by atoms with Crippen LogP contribution in [0.3, 0.4) is 0 Å². The molecule has 0 spiro atoms. The maximum absolute atomic E-state index is 12.5. The minimum atomic E-state index is -0.541. The van der Waals surface area contributed by atoms with Crippen molar-refractivity contribution in [2.24, 2.45) is 0 Å². The van der Waals surface area contributed by atoms with Crippen LogP contribution in [0.15, 0.2) is 48.6 Å². The second-order valence-electron chi connectivity index (χ2n) is 5.81. The van der Waals surface area contributed by atoms with E-state index in [4.69, 9.17) is 16.3 Å². The molecule has 0 aliphatic rings. The van der Waals surface area contributed by atoms with Gasteiger partial charge in [-0.1, -0.05) is 17.7 Å². The fourth-order valence-electron chi connectivity index (χ4n) is 2.51. The highest BCUT2D eigenvalue weighted by atomic mass is 35.5. The topological polar surface area (TPSA) is 82.4 Å². The number of anilines is 1. The van der Waals surface area contributed by atoms with Crippen molar-refractivity contribution in [2.45, 2.75) is 13.3 Å². The maximum atomic E-state index is 12.5. The predicted molar refractivity (Wildman–Crippen MR) is 107 cm³/mol. The van der Waals surface area contributed by atoms with E-state index in [-0.39, 0.29) is 17.1 Å². The minimum Gasteiger partial charge on any atom is -0.504 e. The third kappa shape index (κ3) is 4.90. The smallest absolute Gasteiger partial charge is 0.266 e. The van der Waals surface area contributed by atoms with Gasteiger partial charge in [0.2, 0.25) is 0 Å². The molecule has 0 radical (unpaired) electrons. The van der Waals surface area contributed by atoms with Crippen LogP contribution >= 0.6 is 11.6 Å². The fourth-order valence-corrected chi connectivity index (χ4v) is 2.74. The molecule has 1 amide bonds. The van der Waals surface area contributed by atoms with Crippen LogP contribution in [0.2, 0.25) is 5.02 Å². The average molecular weight is 383 g/mol. The van der Waals surface area contributed by atoms with Crippen molar-refractivity contribution in [2.75, 3.05) is 12.4 Å². The molecular formula is C21H19ClN2O3. The lowest BCUT2D eigenvalue weighted by molar-refractivity contribution is -0.112. The summed E-state index contributed by atoms with van der Waals surface area (Å²) >= 11 is 5.92. The third-order valence-corrected chi connectivity index (χ3v) is 4.11. The van der Waals surface area contributed by atoms with Gasteiger partial charge in [0.15, 0.2) is 11.5 Å². The van der Waals surface area contributed by atoms with Gasteiger partial charge < -0.3 is 15.2 Å². The van der Waals surface area contributed by atoms with Crippen LogP contribution < -0.4 is 10.1 Å². The van der Waals surface area contributed by atoms with Crippen LogP contribution in [0.25, 0.3) is 6.08 Å². The Morgan fingerprint density at radius 1 is 1.41 bits per heavy atom. The third-order valence-electron chi connectivity index (χ3n) is 3.87. The second-order valence-corrected chi connectivity index (χ2v) is 6.24. The number of rotatable bonds is 6. The Balaban J connectivity index is 2.37. The summed E-state index contributed by atoms with van der Waals surface area (Å²) in [6.45, 7) is 5.46. The Bertz CT molecular complexity index is 959. The molecule has 0 bridgehead atoms. The van der Waals surface area contributed by atoms with E-state index in [9.17, 15) is 15.2 Å². The molecule has 0 unspecified atom stereocenters. The predicted octanol–water partition coefficient (Wildman–Crippen LogP) is 4.64. The molecule has 138 valence electrons. The van der Waals surface area contributed by atoms with Crippen molar-refractivity contribution in [3.63, 3.8) is 0 Å². The van der Waals surface area contributed by atoms with Crippen LogP contribution in [0.4, 0.5) is 5.69 Å². The van der Waals surface area contributed by atoms with Gasteiger partial charge in [-0.2, -0.15) is 5.26 Å². The van der Waals surface area contributed by atoms with Crippen LogP contribution in [-0.4, -0.2) is 18.1 Å². The number of aryl methyl sites for hydroxylation is 1. The molecule has 0 atom stereocenters. The second kappa shape index (κ2) is 8.93. The van der Waals surface area contributed by atoms with Gasteiger partial charge in [-0.25, -0.2) is 0 Å². The van der Waals surface area contributed by atoms with Crippen molar-refractivity contribution in [1.29, 1.82) is 5.26 Å². The number of aromatic hydroxyl groups is 1. The molecule has 0 aliphatic carbocycles. The summed E-state index contributed by atoms with van der Waals surface area (Å²) in [7, 11) is 1.43. The zero-order valence-electron chi connectivity index (χ0n) is 15.0. The number of amides is 1. The molecule has 0 saturated heterocycles. The molecule has 0 heterocycles. The number of allylic oxidation sites excluding steroid dienone is 1. The monoisotopic (exact) mass is 382 g/mol. The first-order valence-corrected chi connectivity index (χ1v) is 8.47. The normalized spacial score (nSPS) is 10.8. The molecule has 2 rings (SSSR count). The Morgan fingerprint density at radius 3 is 2.74 bits per heavy atom. The first kappa shape index (κ1) is 20.1. The van der Waals surface area contributed by atoms with E-state index >= 15 is 0 Å². The largest absolute Gasteiger partial charge is 0.504 e. The van der Waals surface area contributed by atoms with Crippen molar-refractivity contribution >= 4 is 29.3 Å². The molecule has 0 fully saturated rings. The molecule has 0 aliphatic heterocycles. The van der Waals surface area contributed by atoms with Crippen LogP contribution in [0, 0.1) is 18.3 Å². The first-order valence-electron chi connectivity index (χ1n) is 8.09. The lowest BCUT2D eigenvalue weighted by atomic mass is 10.0. The number of carbonyl (C=O) groups excluding carboxylic acids is 1. The Morgan fingerprint density at radius 2 is 2.15 bits per heavy atom. The summed E-state index contributed by atoms with van der Waals surface area (Å²) in [5.41, 5.74) is 2.42. The van der Waals surface area contributed by atoms with Gasteiger partial charge in [-0.15, -0.1) is 6.58 Å². The van der Waals surface area contributed by atoms with Gasteiger partial charge in [0.25, 0.3) is 5.91 Å². The molecule has 6 heteroatoms. The number of nitrogens with zero attached hydrogens (tertiary/aromatic N) is 1. The van der Waals surface area contributed by atoms with E-state index in [2.05, 4.69) is 11.9 Å². The highest BCUT2D eigenvalue weighted by Gasteiger charge is 2.14. The van der Waals surface area contributed by atoms with Crippen LogP contribution in [0.5, 0.6) is 11.5 Å². The van der Waals surface area contributed by atoms with Crippen molar-refractivity contribution < 1.29 is 14.6 Å². The van der Waals surface area contributed by atoms with E-state index in [0.29, 0.717) is 28.3 Å². The van der Waals surface area contributed by atoms with E-state index < -0.39 is 5.91 Å². The van der Waals surface area contributed by atoms with Gasteiger partial charge in [0, 0.05) is 16.3 Å². The number of benzene rings is 2. The number of hydrogen-bond donors (Lipinski definition) is 2. The molecule has 27 heavy (non-hydrogen) atoms. The lowest BCUT2D eigenvalue weighted by Crippen LogP contribution is -2.14. The standard InChI is InChI=1S/C21H19ClN2O3/c1-4-5-15-9-14(11-19(27-3)20(15)25)10-16(12-23)21(26)24-18-7-6-17(22)8-13(18)2/h4,6-11,25H,1,5H2,2-3H3,(H,24,26)/b16-10+. The Labute approximate surface area is 163 Å². The van der Waals surface area contributed by atoms with Crippen LogP contribution in [-0.2, 0) is 11.2 Å². The van der Waals surface area contributed by atoms with E-state index in [1.165, 1.54) is 13.2 Å². The molecule has 2 aromatic carbocycles. The first-order chi connectivity index (χ1) is 12.9. The van der Waals surface area contributed by atoms with Gasteiger partial charge in [-0.3, -0.25) is 4.79 Å². The number of nitriles is 1. The van der Waals surface area contributed by atoms with Gasteiger partial charge >= 0.3 is 0 Å². The van der Waals surface area contributed by atoms with E-state index in [1.54, 1.807) is 36.4 Å². The summed E-state index contributed by atoms with van der Waals surface area (Å²) in [6, 6.07) is 10.2. The Kier molecular flexibility index (Phi) is 6.64. The van der Waals surface area contributed by atoms with Crippen molar-refractivity contribution in [3.8, 4) is 17.6 Å². The van der Waals surface area contributed by atoms with Crippen molar-refractivity contribution in [1.82, 2.24) is 0 Å². The SMILES string of the molecule is C=CCc1cc(/C=C(\C#N)C(=O)Nc2ccc(Cl)cc2C)cc(OC)c1O. The fraction of sp³-hybridized carbons (Fsp3) is 0.143. The van der Waals surface area contributed by atoms with Crippen LogP contribution in [0.1, 0.15) is 16.7 Å². The highest BCUT2D eigenvalue weighted by molar-refractivity contribution is 6.30. The molecule has 0 saturated carbocycles. The zero-order chi connectivity index (χ0) is 20.0. The molecule has 2 aromatic rings. The molecule has 0 aromatic heterocycles. The van der Waals surface area contributed by atoms with Crippen molar-refractivity contribution in [3.05, 3.63) is 70.3 Å². The number of carbonyl (C=O) groups is 1. The Hall–Kier alpha value is -3.23. The number of phenols is 1.